The summed E-state index contributed by atoms with van der Waals surface area (Å²) in [5.74, 6) is -0.340. The van der Waals surface area contributed by atoms with Crippen molar-refractivity contribution in [2.75, 3.05) is 20.3 Å². The van der Waals surface area contributed by atoms with Crippen LogP contribution >= 0.6 is 11.6 Å². The topological polar surface area (TPSA) is 62.6 Å². The first-order valence-electron chi connectivity index (χ1n) is 7.81. The third kappa shape index (κ3) is 3.88. The Bertz CT molecular complexity index is 818. The van der Waals surface area contributed by atoms with Crippen LogP contribution in [-0.2, 0) is 21.9 Å². The second kappa shape index (κ2) is 7.32. The third-order valence-corrected chi connectivity index (χ3v) is 4.25. The van der Waals surface area contributed by atoms with Crippen LogP contribution in [0.1, 0.15) is 22.6 Å². The minimum Gasteiger partial charge on any atom is -0.482 e. The molecule has 2 heterocycles. The van der Waals surface area contributed by atoms with Crippen molar-refractivity contribution >= 4 is 28.6 Å². The maximum Gasteiger partial charge on any atom is 0.422 e. The van der Waals surface area contributed by atoms with E-state index in [1.807, 2.05) is 0 Å². The summed E-state index contributed by atoms with van der Waals surface area (Å²) in [6.07, 6.45) is -3.70. The number of nitrogens with zero attached hydrogens (tertiary/aromatic N) is 2. The van der Waals surface area contributed by atoms with Crippen molar-refractivity contribution < 1.29 is 32.2 Å². The van der Waals surface area contributed by atoms with Crippen molar-refractivity contribution in [3.05, 3.63) is 23.5 Å². The minimum absolute atomic E-state index is 0.0318. The van der Waals surface area contributed by atoms with Gasteiger partial charge in [-0.2, -0.15) is 13.2 Å². The summed E-state index contributed by atoms with van der Waals surface area (Å²) >= 11 is 5.94. The molecule has 2 aromatic rings. The predicted molar refractivity (Wildman–Crippen MR) is 86.5 cm³/mol. The summed E-state index contributed by atoms with van der Waals surface area (Å²) in [7, 11) is 1.19. The molecule has 6 nitrogen and oxygen atoms in total. The number of carbonyl (C=O) groups excluding carboxylic acids is 1. The van der Waals surface area contributed by atoms with E-state index in [0.29, 0.717) is 24.5 Å². The molecular weight excluding hydrogens is 377 g/mol. The van der Waals surface area contributed by atoms with Gasteiger partial charge in [-0.15, -0.1) is 11.6 Å². The SMILES string of the molecule is COC(=O)c1cc(OCC(F)(F)F)c2nc(CCl)n(C[C@@H]3CCO3)c2c1. The smallest absolute Gasteiger partial charge is 0.422 e. The molecule has 3 rings (SSSR count). The molecule has 0 N–H and O–H groups in total. The average Bonchev–Trinajstić information content (AvgIpc) is 2.92. The number of halogens is 4. The summed E-state index contributed by atoms with van der Waals surface area (Å²) < 4.78 is 54.4. The maximum absolute atomic E-state index is 12.6. The van der Waals surface area contributed by atoms with Crippen LogP contribution in [0.15, 0.2) is 12.1 Å². The molecule has 1 aliphatic heterocycles. The Morgan fingerprint density at radius 1 is 1.46 bits per heavy atom. The summed E-state index contributed by atoms with van der Waals surface area (Å²) in [6.45, 7) is -0.412. The molecule has 0 spiro atoms. The average molecular weight is 393 g/mol. The van der Waals surface area contributed by atoms with Crippen molar-refractivity contribution in [1.29, 1.82) is 0 Å². The van der Waals surface area contributed by atoms with Gasteiger partial charge in [0.1, 0.15) is 17.1 Å². The van der Waals surface area contributed by atoms with Crippen molar-refractivity contribution in [3.63, 3.8) is 0 Å². The normalized spacial score (nSPS) is 17.2. The van der Waals surface area contributed by atoms with Crippen LogP contribution < -0.4 is 4.74 Å². The molecular formula is C16H16ClF3N2O4. The minimum atomic E-state index is -4.52. The zero-order valence-electron chi connectivity index (χ0n) is 13.8. The first kappa shape index (κ1) is 18.8. The molecule has 1 aromatic heterocycles. The molecule has 1 aromatic carbocycles. The van der Waals surface area contributed by atoms with Crippen LogP contribution in [0, 0.1) is 0 Å². The number of esters is 1. The van der Waals surface area contributed by atoms with Gasteiger partial charge in [0.15, 0.2) is 6.61 Å². The Morgan fingerprint density at radius 2 is 2.19 bits per heavy atom. The molecule has 142 valence electrons. The van der Waals surface area contributed by atoms with E-state index in [4.69, 9.17) is 21.1 Å². The Morgan fingerprint density at radius 3 is 2.73 bits per heavy atom. The van der Waals surface area contributed by atoms with Crippen molar-refractivity contribution in [3.8, 4) is 5.75 Å². The number of carbonyl (C=O) groups is 1. The van der Waals surface area contributed by atoms with E-state index in [2.05, 4.69) is 9.72 Å². The predicted octanol–water partition coefficient (Wildman–Crippen LogP) is 3.29. The van der Waals surface area contributed by atoms with Crippen LogP contribution in [0.2, 0.25) is 0 Å². The van der Waals surface area contributed by atoms with Gasteiger partial charge in [0.2, 0.25) is 0 Å². The van der Waals surface area contributed by atoms with Gasteiger partial charge in [0, 0.05) is 6.61 Å². The number of rotatable bonds is 6. The van der Waals surface area contributed by atoms with Gasteiger partial charge in [-0.25, -0.2) is 9.78 Å². The number of hydrogen-bond acceptors (Lipinski definition) is 5. The standard InChI is InChI=1S/C16H16ClF3N2O4/c1-24-15(23)9-4-11-14(12(5-9)26-8-16(18,19)20)21-13(6-17)22(11)7-10-2-3-25-10/h4-5,10H,2-3,6-8H2,1H3/t10-/m0/s1. The van der Waals surface area contributed by atoms with Crippen molar-refractivity contribution in [2.24, 2.45) is 0 Å². The van der Waals surface area contributed by atoms with Crippen LogP contribution in [0.3, 0.4) is 0 Å². The summed E-state index contributed by atoms with van der Waals surface area (Å²) in [4.78, 5) is 16.2. The van der Waals surface area contributed by atoms with Crippen LogP contribution in [0.5, 0.6) is 5.75 Å². The van der Waals surface area contributed by atoms with Gasteiger partial charge in [-0.3, -0.25) is 0 Å². The molecule has 0 unspecified atom stereocenters. The van der Waals surface area contributed by atoms with E-state index in [1.54, 1.807) is 4.57 Å². The van der Waals surface area contributed by atoms with Crippen molar-refractivity contribution in [2.45, 2.75) is 31.1 Å². The van der Waals surface area contributed by atoms with E-state index in [1.165, 1.54) is 19.2 Å². The molecule has 0 saturated carbocycles. The molecule has 1 saturated heterocycles. The van der Waals surface area contributed by atoms with Gasteiger partial charge in [0.05, 0.1) is 36.7 Å². The van der Waals surface area contributed by atoms with Crippen molar-refractivity contribution in [1.82, 2.24) is 9.55 Å². The molecule has 0 bridgehead atoms. The third-order valence-electron chi connectivity index (χ3n) is 4.01. The highest BCUT2D eigenvalue weighted by molar-refractivity contribution is 6.17. The Hall–Kier alpha value is -2.00. The number of ether oxygens (including phenoxy) is 3. The lowest BCUT2D eigenvalue weighted by atomic mass is 10.1. The second-order valence-electron chi connectivity index (χ2n) is 5.79. The Labute approximate surface area is 151 Å². The highest BCUT2D eigenvalue weighted by Crippen LogP contribution is 2.31. The zero-order chi connectivity index (χ0) is 18.9. The van der Waals surface area contributed by atoms with E-state index < -0.39 is 18.8 Å². The van der Waals surface area contributed by atoms with Crippen LogP contribution in [0.4, 0.5) is 13.2 Å². The fourth-order valence-electron chi connectivity index (χ4n) is 2.68. The molecule has 26 heavy (non-hydrogen) atoms. The Balaban J connectivity index is 2.09. The molecule has 10 heteroatoms. The first-order chi connectivity index (χ1) is 12.3. The highest BCUT2D eigenvalue weighted by Gasteiger charge is 2.30. The number of alkyl halides is 4. The van der Waals surface area contributed by atoms with Gasteiger partial charge >= 0.3 is 12.1 Å². The lowest BCUT2D eigenvalue weighted by Gasteiger charge is -2.27. The summed E-state index contributed by atoms with van der Waals surface area (Å²) in [6, 6.07) is 2.69. The van der Waals surface area contributed by atoms with Gasteiger partial charge in [0.25, 0.3) is 0 Å². The van der Waals surface area contributed by atoms with E-state index in [0.717, 1.165) is 6.42 Å². The number of imidazole rings is 1. The zero-order valence-corrected chi connectivity index (χ0v) is 14.6. The van der Waals surface area contributed by atoms with Gasteiger partial charge in [-0.1, -0.05) is 0 Å². The van der Waals surface area contributed by atoms with Gasteiger partial charge < -0.3 is 18.8 Å². The fourth-order valence-corrected chi connectivity index (χ4v) is 2.89. The maximum atomic E-state index is 12.6. The number of fused-ring (bicyclic) bond motifs is 1. The molecule has 1 aliphatic rings. The lowest BCUT2D eigenvalue weighted by molar-refractivity contribution is -0.153. The fraction of sp³-hybridized carbons (Fsp3) is 0.500. The second-order valence-corrected chi connectivity index (χ2v) is 6.06. The largest absolute Gasteiger partial charge is 0.482 e. The summed E-state index contributed by atoms with van der Waals surface area (Å²) in [5, 5.41) is 0. The van der Waals surface area contributed by atoms with Crippen LogP contribution in [0.25, 0.3) is 11.0 Å². The monoisotopic (exact) mass is 392 g/mol. The molecule has 1 atom stereocenters. The molecule has 1 fully saturated rings. The van der Waals surface area contributed by atoms with E-state index in [9.17, 15) is 18.0 Å². The Kier molecular flexibility index (Phi) is 5.29. The number of hydrogen-bond donors (Lipinski definition) is 0. The van der Waals surface area contributed by atoms with Gasteiger partial charge in [-0.05, 0) is 18.6 Å². The molecule has 0 aliphatic carbocycles. The lowest BCUT2D eigenvalue weighted by Crippen LogP contribution is -2.31. The quantitative estimate of drug-likeness (QED) is 0.557. The molecule has 0 radical (unpaired) electrons. The van der Waals surface area contributed by atoms with Crippen LogP contribution in [-0.4, -0.2) is 48.1 Å². The number of methoxy groups -OCH3 is 1. The number of aromatic nitrogens is 2. The van der Waals surface area contributed by atoms with E-state index in [-0.39, 0.29) is 28.8 Å². The summed E-state index contributed by atoms with van der Waals surface area (Å²) in [5.41, 5.74) is 0.710. The molecule has 0 amide bonds. The van der Waals surface area contributed by atoms with E-state index >= 15 is 0 Å². The number of benzene rings is 1. The first-order valence-corrected chi connectivity index (χ1v) is 8.34. The highest BCUT2D eigenvalue weighted by atomic mass is 35.5.